The average molecular weight is 194 g/mol. The Morgan fingerprint density at radius 1 is 0.929 bits per heavy atom. The summed E-state index contributed by atoms with van der Waals surface area (Å²) in [7, 11) is 0. The van der Waals surface area contributed by atoms with Crippen LogP contribution in [0.25, 0.3) is 0 Å². The molecule has 80 valence electrons. The van der Waals surface area contributed by atoms with Gasteiger partial charge in [0.25, 0.3) is 0 Å². The van der Waals surface area contributed by atoms with Crippen LogP contribution < -0.4 is 5.32 Å². The molecule has 14 heavy (non-hydrogen) atoms. The van der Waals surface area contributed by atoms with Crippen LogP contribution in [0, 0.1) is 5.92 Å². The van der Waals surface area contributed by atoms with Crippen molar-refractivity contribution in [2.45, 2.75) is 50.6 Å². The van der Waals surface area contributed by atoms with Gasteiger partial charge in [-0.05, 0) is 38.3 Å². The van der Waals surface area contributed by atoms with Crippen molar-refractivity contribution in [3.8, 4) is 0 Å². The van der Waals surface area contributed by atoms with Crippen LogP contribution in [-0.4, -0.2) is 36.6 Å². The molecule has 2 heterocycles. The minimum atomic E-state index is 0.901. The Bertz CT molecular complexity index is 198. The van der Waals surface area contributed by atoms with E-state index in [2.05, 4.69) is 10.2 Å². The third-order valence-corrected chi connectivity index (χ3v) is 4.53. The van der Waals surface area contributed by atoms with Crippen molar-refractivity contribution in [2.24, 2.45) is 5.92 Å². The molecule has 0 aromatic heterocycles. The van der Waals surface area contributed by atoms with Gasteiger partial charge in [-0.2, -0.15) is 0 Å². The van der Waals surface area contributed by atoms with Crippen molar-refractivity contribution in [3.63, 3.8) is 0 Å². The molecule has 1 aliphatic carbocycles. The minimum Gasteiger partial charge on any atom is -0.315 e. The molecule has 0 bridgehead atoms. The van der Waals surface area contributed by atoms with Crippen LogP contribution in [0.2, 0.25) is 0 Å². The van der Waals surface area contributed by atoms with Gasteiger partial charge in [0.05, 0.1) is 0 Å². The van der Waals surface area contributed by atoms with Crippen molar-refractivity contribution in [3.05, 3.63) is 0 Å². The highest BCUT2D eigenvalue weighted by Crippen LogP contribution is 2.33. The number of nitrogens with zero attached hydrogens (tertiary/aromatic N) is 1. The van der Waals surface area contributed by atoms with E-state index in [-0.39, 0.29) is 0 Å². The first-order valence-corrected chi connectivity index (χ1v) is 6.41. The predicted molar refractivity (Wildman–Crippen MR) is 58.3 cm³/mol. The number of likely N-dealkylation sites (tertiary alicyclic amines) is 1. The Hall–Kier alpha value is -0.0800. The lowest BCUT2D eigenvalue weighted by molar-refractivity contribution is 0.142. The van der Waals surface area contributed by atoms with Crippen LogP contribution in [0.5, 0.6) is 0 Å². The third-order valence-electron chi connectivity index (χ3n) is 4.53. The highest BCUT2D eigenvalue weighted by Gasteiger charge is 2.40. The molecule has 2 heteroatoms. The molecule has 0 aromatic carbocycles. The molecule has 1 N–H and O–H groups in total. The van der Waals surface area contributed by atoms with Crippen LogP contribution in [0.4, 0.5) is 0 Å². The number of hydrogen-bond acceptors (Lipinski definition) is 2. The number of nitrogens with one attached hydrogen (secondary N) is 1. The second-order valence-corrected chi connectivity index (χ2v) is 5.30. The summed E-state index contributed by atoms with van der Waals surface area (Å²) >= 11 is 0. The zero-order valence-corrected chi connectivity index (χ0v) is 9.04. The second-order valence-electron chi connectivity index (χ2n) is 5.30. The first kappa shape index (κ1) is 9.17. The molecule has 2 atom stereocenters. The van der Waals surface area contributed by atoms with Gasteiger partial charge in [-0.3, -0.25) is 4.90 Å². The second kappa shape index (κ2) is 3.82. The Labute approximate surface area is 87.0 Å². The maximum atomic E-state index is 3.55. The quantitative estimate of drug-likeness (QED) is 0.682. The monoisotopic (exact) mass is 194 g/mol. The Morgan fingerprint density at radius 2 is 1.79 bits per heavy atom. The summed E-state index contributed by atoms with van der Waals surface area (Å²) in [4.78, 5) is 2.84. The summed E-state index contributed by atoms with van der Waals surface area (Å²) in [5, 5.41) is 3.55. The van der Waals surface area contributed by atoms with Gasteiger partial charge in [0.15, 0.2) is 0 Å². The molecular formula is C12H22N2. The molecule has 0 spiro atoms. The van der Waals surface area contributed by atoms with Crippen LogP contribution in [0.1, 0.15) is 38.5 Å². The van der Waals surface area contributed by atoms with Crippen LogP contribution >= 0.6 is 0 Å². The highest BCUT2D eigenvalue weighted by atomic mass is 15.3. The van der Waals surface area contributed by atoms with Crippen molar-refractivity contribution < 1.29 is 0 Å². The fourth-order valence-corrected chi connectivity index (χ4v) is 3.75. The van der Waals surface area contributed by atoms with Crippen molar-refractivity contribution >= 4 is 0 Å². The summed E-state index contributed by atoms with van der Waals surface area (Å²) in [6, 6.07) is 1.84. The van der Waals surface area contributed by atoms with E-state index in [0.29, 0.717) is 0 Å². The van der Waals surface area contributed by atoms with Gasteiger partial charge in [0.2, 0.25) is 0 Å². The van der Waals surface area contributed by atoms with Gasteiger partial charge in [-0.25, -0.2) is 0 Å². The number of rotatable bonds is 1. The van der Waals surface area contributed by atoms with E-state index in [4.69, 9.17) is 0 Å². The van der Waals surface area contributed by atoms with E-state index in [9.17, 15) is 0 Å². The molecule has 2 aliphatic heterocycles. The van der Waals surface area contributed by atoms with Gasteiger partial charge in [0, 0.05) is 18.6 Å². The normalized spacial score (nSPS) is 40.3. The largest absolute Gasteiger partial charge is 0.315 e. The van der Waals surface area contributed by atoms with Crippen LogP contribution in [-0.2, 0) is 0 Å². The highest BCUT2D eigenvalue weighted by molar-refractivity contribution is 4.97. The van der Waals surface area contributed by atoms with E-state index >= 15 is 0 Å². The van der Waals surface area contributed by atoms with E-state index in [0.717, 1.165) is 18.0 Å². The lowest BCUT2D eigenvalue weighted by atomic mass is 9.93. The van der Waals surface area contributed by atoms with E-state index in [1.165, 1.54) is 58.2 Å². The standard InChI is InChI=1S/C12H22N2/c1-2-4-11(5-3-1)14-7-6-10-8-13-9-12(10)14/h10-13H,1-9H2/t10-,12+/m0/s1. The summed E-state index contributed by atoms with van der Waals surface area (Å²) in [5.41, 5.74) is 0. The average Bonchev–Trinajstić information content (AvgIpc) is 2.79. The van der Waals surface area contributed by atoms with Gasteiger partial charge in [0.1, 0.15) is 0 Å². The molecule has 2 saturated heterocycles. The summed E-state index contributed by atoms with van der Waals surface area (Å²) in [6.45, 7) is 3.94. The maximum absolute atomic E-state index is 3.55. The van der Waals surface area contributed by atoms with E-state index < -0.39 is 0 Å². The van der Waals surface area contributed by atoms with Gasteiger partial charge >= 0.3 is 0 Å². The van der Waals surface area contributed by atoms with Gasteiger partial charge < -0.3 is 5.32 Å². The maximum Gasteiger partial charge on any atom is 0.0264 e. The summed E-state index contributed by atoms with van der Waals surface area (Å²) in [5.74, 6) is 0.983. The first-order valence-electron chi connectivity index (χ1n) is 6.41. The molecule has 0 aromatic rings. The molecule has 3 fully saturated rings. The smallest absolute Gasteiger partial charge is 0.0264 e. The molecule has 2 nitrogen and oxygen atoms in total. The molecule has 0 radical (unpaired) electrons. The SMILES string of the molecule is C1CCC(N2CC[C@H]3CNC[C@H]32)CC1. The molecule has 0 amide bonds. The molecule has 3 aliphatic rings. The molecule has 0 unspecified atom stereocenters. The summed E-state index contributed by atoms with van der Waals surface area (Å²) in [6.07, 6.45) is 8.84. The van der Waals surface area contributed by atoms with Crippen molar-refractivity contribution in [1.29, 1.82) is 0 Å². The topological polar surface area (TPSA) is 15.3 Å². The summed E-state index contributed by atoms with van der Waals surface area (Å²) < 4.78 is 0. The predicted octanol–water partition coefficient (Wildman–Crippen LogP) is 1.61. The number of fused-ring (bicyclic) bond motifs is 1. The van der Waals surface area contributed by atoms with E-state index in [1.807, 2.05) is 0 Å². The zero-order valence-electron chi connectivity index (χ0n) is 9.04. The van der Waals surface area contributed by atoms with Crippen molar-refractivity contribution in [1.82, 2.24) is 10.2 Å². The molecular weight excluding hydrogens is 172 g/mol. The van der Waals surface area contributed by atoms with Gasteiger partial charge in [-0.15, -0.1) is 0 Å². The van der Waals surface area contributed by atoms with Gasteiger partial charge in [-0.1, -0.05) is 19.3 Å². The van der Waals surface area contributed by atoms with Crippen LogP contribution in [0.15, 0.2) is 0 Å². The Kier molecular flexibility index (Phi) is 2.50. The lowest BCUT2D eigenvalue weighted by Gasteiger charge is -2.35. The third kappa shape index (κ3) is 1.49. The zero-order chi connectivity index (χ0) is 9.38. The first-order chi connectivity index (χ1) is 6.95. The van der Waals surface area contributed by atoms with E-state index in [1.54, 1.807) is 0 Å². The van der Waals surface area contributed by atoms with Crippen molar-refractivity contribution in [2.75, 3.05) is 19.6 Å². The molecule has 3 rings (SSSR count). The fraction of sp³-hybridized carbons (Fsp3) is 1.00. The Morgan fingerprint density at radius 3 is 2.64 bits per heavy atom. The lowest BCUT2D eigenvalue weighted by Crippen LogP contribution is -2.42. The fourth-order valence-electron chi connectivity index (χ4n) is 3.75. The molecule has 1 saturated carbocycles. The minimum absolute atomic E-state index is 0.901. The number of hydrogen-bond donors (Lipinski definition) is 1. The van der Waals surface area contributed by atoms with Crippen LogP contribution in [0.3, 0.4) is 0 Å². The Balaban J connectivity index is 1.66.